The summed E-state index contributed by atoms with van der Waals surface area (Å²) < 4.78 is 2.63. The maximum atomic E-state index is 12.6. The highest BCUT2D eigenvalue weighted by Gasteiger charge is 2.12. The van der Waals surface area contributed by atoms with Gasteiger partial charge in [0.1, 0.15) is 0 Å². The van der Waals surface area contributed by atoms with Crippen molar-refractivity contribution >= 4 is 62.4 Å². The molecule has 3 aromatic rings. The summed E-state index contributed by atoms with van der Waals surface area (Å²) in [6, 6.07) is 11.0. The van der Waals surface area contributed by atoms with E-state index in [1.54, 1.807) is 34.5 Å². The molecule has 0 aliphatic rings. The van der Waals surface area contributed by atoms with E-state index in [0.29, 0.717) is 25.7 Å². The molecule has 3 nitrogen and oxygen atoms in total. The Morgan fingerprint density at radius 2 is 1.92 bits per heavy atom. The monoisotopic (exact) mass is 410 g/mol. The first-order valence-corrected chi connectivity index (χ1v) is 10.1. The summed E-state index contributed by atoms with van der Waals surface area (Å²) in [4.78, 5) is 18.5. The third-order valence-corrected chi connectivity index (χ3v) is 6.39. The van der Waals surface area contributed by atoms with Crippen LogP contribution in [0.4, 0.5) is 0 Å². The van der Waals surface area contributed by atoms with Crippen LogP contribution in [0.5, 0.6) is 0 Å². The number of hydrogen-bond acceptors (Lipinski definition) is 3. The summed E-state index contributed by atoms with van der Waals surface area (Å²) in [5.41, 5.74) is 1.36. The average molecular weight is 411 g/mol. The van der Waals surface area contributed by atoms with Gasteiger partial charge in [0.2, 0.25) is 0 Å². The van der Waals surface area contributed by atoms with Gasteiger partial charge in [-0.25, -0.2) is 0 Å². The van der Waals surface area contributed by atoms with Crippen molar-refractivity contribution in [2.75, 3.05) is 0 Å². The molecule has 3 rings (SSSR count). The molecule has 25 heavy (non-hydrogen) atoms. The molecule has 0 unspecified atom stereocenters. The first kappa shape index (κ1) is 18.5. The number of rotatable bonds is 3. The second kappa shape index (κ2) is 7.54. The molecule has 1 aromatic heterocycles. The molecule has 130 valence electrons. The van der Waals surface area contributed by atoms with Crippen molar-refractivity contribution in [1.29, 1.82) is 0 Å². The molecule has 0 aliphatic heterocycles. The Labute approximate surface area is 164 Å². The zero-order chi connectivity index (χ0) is 18.1. The predicted molar refractivity (Wildman–Crippen MR) is 108 cm³/mol. The topological polar surface area (TPSA) is 34.4 Å². The van der Waals surface area contributed by atoms with Gasteiger partial charge in [-0.15, -0.1) is 11.8 Å². The number of fused-ring (bicyclic) bond motifs is 1. The Kier molecular flexibility index (Phi) is 5.58. The summed E-state index contributed by atoms with van der Waals surface area (Å²) in [5, 5.41) is 1.64. The number of thioether (sulfide) groups is 1. The molecule has 0 fully saturated rings. The van der Waals surface area contributed by atoms with Crippen LogP contribution in [0.15, 0.2) is 46.3 Å². The Morgan fingerprint density at radius 1 is 1.20 bits per heavy atom. The van der Waals surface area contributed by atoms with Gasteiger partial charge >= 0.3 is 0 Å². The lowest BCUT2D eigenvalue weighted by Crippen LogP contribution is -2.13. The molecular weight excluding hydrogens is 395 g/mol. The fourth-order valence-corrected chi connectivity index (χ4v) is 4.96. The van der Waals surface area contributed by atoms with E-state index in [2.05, 4.69) is 18.8 Å². The molecule has 0 N–H and O–H groups in total. The minimum absolute atomic E-state index is 0.277. The molecule has 0 saturated heterocycles. The maximum Gasteiger partial charge on any atom is 0.279 e. The second-order valence-corrected chi connectivity index (χ2v) is 9.20. The molecule has 0 saturated carbocycles. The first-order valence-electron chi connectivity index (χ1n) is 7.66. The van der Waals surface area contributed by atoms with Crippen molar-refractivity contribution in [3.8, 4) is 0 Å². The second-order valence-electron chi connectivity index (χ2n) is 5.76. The van der Waals surface area contributed by atoms with Gasteiger partial charge in [0.25, 0.3) is 5.91 Å². The number of carbonyl (C=O) groups is 1. The van der Waals surface area contributed by atoms with Crippen LogP contribution in [0, 0.1) is 0 Å². The van der Waals surface area contributed by atoms with Gasteiger partial charge in [-0.05, 0) is 30.3 Å². The summed E-state index contributed by atoms with van der Waals surface area (Å²) in [7, 11) is 1.83. The normalized spacial score (nSPS) is 12.3. The van der Waals surface area contributed by atoms with E-state index in [9.17, 15) is 4.79 Å². The van der Waals surface area contributed by atoms with Gasteiger partial charge in [0.05, 0.1) is 20.3 Å². The molecule has 2 aromatic carbocycles. The largest absolute Gasteiger partial charge is 0.318 e. The molecule has 0 bridgehead atoms. The molecule has 1 heterocycles. The van der Waals surface area contributed by atoms with Gasteiger partial charge < -0.3 is 4.57 Å². The van der Waals surface area contributed by atoms with Crippen molar-refractivity contribution in [3.05, 3.63) is 56.8 Å². The molecular formula is C18H16Cl2N2OS2. The van der Waals surface area contributed by atoms with Gasteiger partial charge in [0, 0.05) is 22.8 Å². The molecule has 0 spiro atoms. The zero-order valence-corrected chi connectivity index (χ0v) is 17.1. The van der Waals surface area contributed by atoms with E-state index < -0.39 is 0 Å². The summed E-state index contributed by atoms with van der Waals surface area (Å²) in [6.07, 6.45) is 0. The first-order chi connectivity index (χ1) is 11.9. The van der Waals surface area contributed by atoms with E-state index in [1.807, 2.05) is 25.2 Å². The Morgan fingerprint density at radius 3 is 2.60 bits per heavy atom. The third-order valence-electron chi connectivity index (χ3n) is 3.50. The van der Waals surface area contributed by atoms with E-state index in [0.717, 1.165) is 15.1 Å². The number of benzene rings is 2. The van der Waals surface area contributed by atoms with E-state index in [1.165, 1.54) is 11.3 Å². The van der Waals surface area contributed by atoms with Gasteiger partial charge in [0.15, 0.2) is 4.80 Å². The lowest BCUT2D eigenvalue weighted by molar-refractivity contribution is 0.0997. The zero-order valence-electron chi connectivity index (χ0n) is 13.9. The number of thiazole rings is 1. The van der Waals surface area contributed by atoms with Crippen molar-refractivity contribution in [2.45, 2.75) is 24.0 Å². The average Bonchev–Trinajstić information content (AvgIpc) is 2.89. The fraction of sp³-hybridized carbons (Fsp3) is 0.222. The van der Waals surface area contributed by atoms with Crippen LogP contribution in [0.3, 0.4) is 0 Å². The number of aromatic nitrogens is 1. The Bertz CT molecular complexity index is 1020. The SMILES string of the molecule is CC(C)Sc1cccc(C(=O)N=c2sc3c(Cl)ccc(Cl)c3n2C)c1. The van der Waals surface area contributed by atoms with Crippen LogP contribution in [0.2, 0.25) is 10.0 Å². The standard InChI is InChI=1S/C18H16Cl2N2OS2/c1-10(2)24-12-6-4-5-11(9-12)17(23)21-18-22(3)15-13(19)7-8-14(20)16(15)25-18/h4-10H,1-3H3. The van der Waals surface area contributed by atoms with Crippen LogP contribution in [-0.2, 0) is 7.05 Å². The van der Waals surface area contributed by atoms with Crippen molar-refractivity contribution in [3.63, 3.8) is 0 Å². The lowest BCUT2D eigenvalue weighted by atomic mass is 10.2. The maximum absolute atomic E-state index is 12.6. The van der Waals surface area contributed by atoms with Crippen molar-refractivity contribution in [1.82, 2.24) is 4.57 Å². The number of hydrogen-bond donors (Lipinski definition) is 0. The highest BCUT2D eigenvalue weighted by atomic mass is 35.5. The highest BCUT2D eigenvalue weighted by molar-refractivity contribution is 7.99. The number of carbonyl (C=O) groups excluding carboxylic acids is 1. The van der Waals surface area contributed by atoms with Crippen LogP contribution in [0.25, 0.3) is 10.2 Å². The third kappa shape index (κ3) is 3.95. The fourth-order valence-electron chi connectivity index (χ4n) is 2.41. The summed E-state index contributed by atoms with van der Waals surface area (Å²) >= 11 is 15.6. The summed E-state index contributed by atoms with van der Waals surface area (Å²) in [6.45, 7) is 4.24. The van der Waals surface area contributed by atoms with Crippen LogP contribution in [0.1, 0.15) is 24.2 Å². The molecule has 1 amide bonds. The van der Waals surface area contributed by atoms with Crippen molar-refractivity contribution in [2.24, 2.45) is 12.0 Å². The van der Waals surface area contributed by atoms with Crippen LogP contribution < -0.4 is 4.80 Å². The molecule has 7 heteroatoms. The minimum atomic E-state index is -0.277. The highest BCUT2D eigenvalue weighted by Crippen LogP contribution is 2.31. The summed E-state index contributed by atoms with van der Waals surface area (Å²) in [5.74, 6) is -0.277. The lowest BCUT2D eigenvalue weighted by Gasteiger charge is -2.05. The Hall–Kier alpha value is -1.27. The predicted octanol–water partition coefficient (Wildman–Crippen LogP) is 5.79. The van der Waals surface area contributed by atoms with Gasteiger partial charge in [-0.2, -0.15) is 4.99 Å². The van der Waals surface area contributed by atoms with E-state index in [-0.39, 0.29) is 5.91 Å². The number of amides is 1. The smallest absolute Gasteiger partial charge is 0.279 e. The van der Waals surface area contributed by atoms with Crippen molar-refractivity contribution < 1.29 is 4.79 Å². The van der Waals surface area contributed by atoms with E-state index >= 15 is 0 Å². The molecule has 0 atom stereocenters. The van der Waals surface area contributed by atoms with Gasteiger partial charge in [-0.1, -0.05) is 54.5 Å². The number of nitrogens with zero attached hydrogens (tertiary/aromatic N) is 2. The Balaban J connectivity index is 2.05. The van der Waals surface area contributed by atoms with Crippen LogP contribution >= 0.6 is 46.3 Å². The molecule has 0 aliphatic carbocycles. The number of halogens is 2. The van der Waals surface area contributed by atoms with Gasteiger partial charge in [-0.3, -0.25) is 4.79 Å². The molecule has 0 radical (unpaired) electrons. The minimum Gasteiger partial charge on any atom is -0.318 e. The van der Waals surface area contributed by atoms with Crippen LogP contribution in [-0.4, -0.2) is 15.7 Å². The van der Waals surface area contributed by atoms with E-state index in [4.69, 9.17) is 23.2 Å². The number of aryl methyl sites for hydroxylation is 1. The quantitative estimate of drug-likeness (QED) is 0.512.